The maximum atomic E-state index is 13.4. The molecule has 1 unspecified atom stereocenters. The zero-order chi connectivity index (χ0) is 22.7. The number of nitriles is 1. The Balaban J connectivity index is 1.67. The molecule has 1 saturated heterocycles. The Bertz CT molecular complexity index is 1260. The predicted molar refractivity (Wildman–Crippen MR) is 119 cm³/mol. The van der Waals surface area contributed by atoms with Gasteiger partial charge in [0.15, 0.2) is 0 Å². The van der Waals surface area contributed by atoms with Crippen LogP contribution in [0, 0.1) is 24.2 Å². The minimum absolute atomic E-state index is 0.0940. The van der Waals surface area contributed by atoms with Crippen molar-refractivity contribution in [3.05, 3.63) is 69.7 Å². The van der Waals surface area contributed by atoms with Crippen molar-refractivity contribution in [3.63, 3.8) is 0 Å². The van der Waals surface area contributed by atoms with E-state index in [1.165, 1.54) is 0 Å². The number of nitrogens with one attached hydrogen (secondary N) is 2. The van der Waals surface area contributed by atoms with Crippen LogP contribution in [0.5, 0.6) is 0 Å². The van der Waals surface area contributed by atoms with Crippen molar-refractivity contribution in [2.24, 2.45) is 5.92 Å². The number of piperidine rings is 1. The van der Waals surface area contributed by atoms with E-state index in [9.17, 15) is 20.0 Å². The highest BCUT2D eigenvalue weighted by Crippen LogP contribution is 2.32. The van der Waals surface area contributed by atoms with Crippen molar-refractivity contribution < 1.29 is 14.4 Å². The van der Waals surface area contributed by atoms with Crippen LogP contribution in [0.25, 0.3) is 10.8 Å². The number of hydrogen-bond donors (Lipinski definition) is 3. The summed E-state index contributed by atoms with van der Waals surface area (Å²) in [5.74, 6) is -0.759. The maximum absolute atomic E-state index is 13.4. The molecule has 3 aromatic rings. The Morgan fingerprint density at radius 2 is 2.06 bits per heavy atom. The first-order valence-corrected chi connectivity index (χ1v) is 10.5. The molecule has 4 rings (SSSR count). The van der Waals surface area contributed by atoms with E-state index in [0.717, 1.165) is 18.7 Å². The summed E-state index contributed by atoms with van der Waals surface area (Å²) in [7, 11) is 0. The molecule has 2 aromatic carbocycles. The molecular formula is C24H24N4O4. The summed E-state index contributed by atoms with van der Waals surface area (Å²) < 4.78 is 4.75. The second kappa shape index (κ2) is 8.91. The molecule has 0 aliphatic carbocycles. The summed E-state index contributed by atoms with van der Waals surface area (Å²) in [4.78, 5) is 25.3. The fraction of sp³-hybridized carbons (Fsp3) is 0.333. The molecule has 1 aliphatic rings. The number of aromatic nitrogens is 1. The van der Waals surface area contributed by atoms with Crippen LogP contribution in [-0.2, 0) is 11.2 Å². The Morgan fingerprint density at radius 3 is 2.81 bits per heavy atom. The van der Waals surface area contributed by atoms with Crippen molar-refractivity contribution in [2.45, 2.75) is 31.8 Å². The predicted octanol–water partition coefficient (Wildman–Crippen LogP) is 2.28. The van der Waals surface area contributed by atoms with E-state index >= 15 is 0 Å². The molecule has 0 bridgehead atoms. The van der Waals surface area contributed by atoms with Crippen molar-refractivity contribution >= 4 is 22.4 Å². The van der Waals surface area contributed by atoms with Gasteiger partial charge in [-0.1, -0.05) is 17.3 Å². The lowest BCUT2D eigenvalue weighted by molar-refractivity contribution is -0.141. The standard InChI is InChI=1S/C24H24N4O4/c1-15-21-12-19(5-6-20(21)22(29)32-28-15)27-23(30)24(31,18-7-9-26-10-8-18)13-16-3-2-4-17(11-16)14-25/h2-6,11-12,18,26,31H,7-10,13H2,1H3,(H,27,30). The van der Waals surface area contributed by atoms with E-state index in [1.54, 1.807) is 43.3 Å². The van der Waals surface area contributed by atoms with E-state index in [1.807, 2.05) is 6.07 Å². The summed E-state index contributed by atoms with van der Waals surface area (Å²) >= 11 is 0. The number of carbonyl (C=O) groups is 1. The normalized spacial score (nSPS) is 16.3. The Kier molecular flexibility index (Phi) is 6.04. The molecule has 8 nitrogen and oxygen atoms in total. The smallest absolute Gasteiger partial charge is 0.366 e. The fourth-order valence-corrected chi connectivity index (χ4v) is 4.32. The molecule has 164 valence electrons. The highest BCUT2D eigenvalue weighted by Gasteiger charge is 2.44. The highest BCUT2D eigenvalue weighted by atomic mass is 16.5. The Morgan fingerprint density at radius 1 is 1.28 bits per heavy atom. The summed E-state index contributed by atoms with van der Waals surface area (Å²) in [5, 5.41) is 31.7. The third-order valence-electron chi connectivity index (χ3n) is 6.09. The number of aliphatic hydroxyl groups is 1. The molecule has 1 aromatic heterocycles. The second-order valence-electron chi connectivity index (χ2n) is 8.21. The van der Waals surface area contributed by atoms with Gasteiger partial charge in [-0.15, -0.1) is 0 Å². The number of aryl methyl sites for hydroxylation is 1. The van der Waals surface area contributed by atoms with Gasteiger partial charge < -0.3 is 20.3 Å². The lowest BCUT2D eigenvalue weighted by Crippen LogP contribution is -2.53. The number of rotatable bonds is 5. The molecule has 8 heteroatoms. The van der Waals surface area contributed by atoms with E-state index in [-0.39, 0.29) is 12.3 Å². The van der Waals surface area contributed by atoms with Gasteiger partial charge in [-0.3, -0.25) is 4.79 Å². The van der Waals surface area contributed by atoms with E-state index in [2.05, 4.69) is 21.9 Å². The molecule has 3 N–H and O–H groups in total. The van der Waals surface area contributed by atoms with E-state index in [4.69, 9.17) is 4.52 Å². The molecule has 0 radical (unpaired) electrons. The average molecular weight is 432 g/mol. The monoisotopic (exact) mass is 432 g/mol. The highest BCUT2D eigenvalue weighted by molar-refractivity contribution is 5.99. The lowest BCUT2D eigenvalue weighted by atomic mass is 9.76. The number of nitrogens with zero attached hydrogens (tertiary/aromatic N) is 2. The van der Waals surface area contributed by atoms with Crippen molar-refractivity contribution in [1.82, 2.24) is 10.5 Å². The third-order valence-corrected chi connectivity index (χ3v) is 6.09. The van der Waals surface area contributed by atoms with Gasteiger partial charge in [-0.2, -0.15) is 5.26 Å². The molecule has 32 heavy (non-hydrogen) atoms. The van der Waals surface area contributed by atoms with Gasteiger partial charge in [0.1, 0.15) is 5.60 Å². The van der Waals surface area contributed by atoms with Crippen LogP contribution in [-0.4, -0.2) is 34.9 Å². The zero-order valence-corrected chi connectivity index (χ0v) is 17.7. The first-order chi connectivity index (χ1) is 15.4. The lowest BCUT2D eigenvalue weighted by Gasteiger charge is -2.37. The van der Waals surface area contributed by atoms with Crippen molar-refractivity contribution in [1.29, 1.82) is 5.26 Å². The Labute approximate surface area is 184 Å². The van der Waals surface area contributed by atoms with Crippen LogP contribution in [0.3, 0.4) is 0 Å². The Hall–Kier alpha value is -3.54. The average Bonchev–Trinajstić information content (AvgIpc) is 2.82. The van der Waals surface area contributed by atoms with Crippen LogP contribution in [0.15, 0.2) is 51.8 Å². The van der Waals surface area contributed by atoms with Gasteiger partial charge >= 0.3 is 5.63 Å². The molecule has 0 saturated carbocycles. The van der Waals surface area contributed by atoms with Gasteiger partial charge in [-0.25, -0.2) is 4.79 Å². The van der Waals surface area contributed by atoms with Crippen LogP contribution in [0.2, 0.25) is 0 Å². The third kappa shape index (κ3) is 4.26. The summed E-state index contributed by atoms with van der Waals surface area (Å²) in [6, 6.07) is 13.9. The fourth-order valence-electron chi connectivity index (χ4n) is 4.32. The van der Waals surface area contributed by atoms with Gasteiger partial charge in [-0.05, 0) is 74.7 Å². The van der Waals surface area contributed by atoms with E-state index in [0.29, 0.717) is 40.6 Å². The van der Waals surface area contributed by atoms with Gasteiger partial charge in [0.25, 0.3) is 5.91 Å². The summed E-state index contributed by atoms with van der Waals surface area (Å²) in [6.45, 7) is 3.15. The van der Waals surface area contributed by atoms with Gasteiger partial charge in [0.05, 0.1) is 22.7 Å². The second-order valence-corrected chi connectivity index (χ2v) is 8.21. The molecule has 1 fully saturated rings. The number of benzene rings is 2. The largest absolute Gasteiger partial charge is 0.379 e. The van der Waals surface area contributed by atoms with Gasteiger partial charge in [0.2, 0.25) is 0 Å². The van der Waals surface area contributed by atoms with E-state index < -0.39 is 17.1 Å². The number of fused-ring (bicyclic) bond motifs is 1. The molecular weight excluding hydrogens is 408 g/mol. The minimum Gasteiger partial charge on any atom is -0.379 e. The van der Waals surface area contributed by atoms with Crippen LogP contribution in [0.4, 0.5) is 5.69 Å². The van der Waals surface area contributed by atoms with Crippen molar-refractivity contribution in [3.8, 4) is 6.07 Å². The van der Waals surface area contributed by atoms with Crippen LogP contribution < -0.4 is 16.3 Å². The van der Waals surface area contributed by atoms with Gasteiger partial charge in [0, 0.05) is 17.5 Å². The number of anilines is 1. The maximum Gasteiger partial charge on any atom is 0.366 e. The summed E-state index contributed by atoms with van der Waals surface area (Å²) in [5.41, 5.74) is -0.0298. The number of carbonyl (C=O) groups excluding carboxylic acids is 1. The number of hydrogen-bond acceptors (Lipinski definition) is 7. The zero-order valence-electron chi connectivity index (χ0n) is 17.7. The molecule has 2 heterocycles. The minimum atomic E-state index is -1.66. The SMILES string of the molecule is Cc1noc(=O)c2ccc(NC(=O)C(O)(Cc3cccc(C#N)c3)C3CCNCC3)cc12. The molecule has 1 atom stereocenters. The number of amides is 1. The molecule has 1 aliphatic heterocycles. The quantitative estimate of drug-likeness (QED) is 0.564. The van der Waals surface area contributed by atoms with Crippen LogP contribution in [0.1, 0.15) is 29.7 Å². The first kappa shape index (κ1) is 21.7. The first-order valence-electron chi connectivity index (χ1n) is 10.5. The van der Waals surface area contributed by atoms with Crippen LogP contribution >= 0.6 is 0 Å². The molecule has 1 amide bonds. The van der Waals surface area contributed by atoms with Crippen molar-refractivity contribution in [2.75, 3.05) is 18.4 Å². The summed E-state index contributed by atoms with van der Waals surface area (Å²) in [6.07, 6.45) is 1.41. The topological polar surface area (TPSA) is 128 Å². The molecule has 0 spiro atoms.